The average molecular weight is 299 g/mol. The van der Waals surface area contributed by atoms with Crippen LogP contribution in [0.3, 0.4) is 0 Å². The Balaban J connectivity index is 2.36. The summed E-state index contributed by atoms with van der Waals surface area (Å²) in [4.78, 5) is 12.5. The number of hydrogen-bond donors (Lipinski definition) is 0. The van der Waals surface area contributed by atoms with Gasteiger partial charge in [-0.3, -0.25) is 4.79 Å². The number of carbonyl (C=O) groups excluding carboxylic acids is 1. The zero-order chi connectivity index (χ0) is 11.8. The average Bonchev–Trinajstić information content (AvgIpc) is 2.69. The fraction of sp³-hybridized carbons (Fsp3) is 0.462. The van der Waals surface area contributed by atoms with Gasteiger partial charge in [0.1, 0.15) is 0 Å². The molecule has 3 heteroatoms. The summed E-state index contributed by atoms with van der Waals surface area (Å²) in [5.41, 5.74) is 1.97. The molecule has 1 unspecified atom stereocenters. The molecule has 0 radical (unpaired) electrons. The van der Waals surface area contributed by atoms with Crippen molar-refractivity contribution in [3.63, 3.8) is 0 Å². The predicted octanol–water partition coefficient (Wildman–Crippen LogP) is 4.23. The minimum atomic E-state index is -0.212. The van der Waals surface area contributed by atoms with Gasteiger partial charge in [-0.15, -0.1) is 11.8 Å². The SMILES string of the molecule is Cc1ccc(Br)c(C(=O)C2(C)CCCS2)c1. The van der Waals surface area contributed by atoms with Crippen molar-refractivity contribution in [1.82, 2.24) is 0 Å². The molecule has 16 heavy (non-hydrogen) atoms. The van der Waals surface area contributed by atoms with Gasteiger partial charge in [0.25, 0.3) is 0 Å². The van der Waals surface area contributed by atoms with Crippen molar-refractivity contribution in [3.8, 4) is 0 Å². The summed E-state index contributed by atoms with van der Waals surface area (Å²) in [5.74, 6) is 1.37. The van der Waals surface area contributed by atoms with Gasteiger partial charge in [-0.25, -0.2) is 0 Å². The Kier molecular flexibility index (Phi) is 3.45. The number of aryl methyl sites for hydroxylation is 1. The van der Waals surface area contributed by atoms with Crippen LogP contribution in [0.5, 0.6) is 0 Å². The maximum Gasteiger partial charge on any atom is 0.179 e. The zero-order valence-electron chi connectivity index (χ0n) is 9.55. The van der Waals surface area contributed by atoms with Crippen molar-refractivity contribution in [1.29, 1.82) is 0 Å². The third-order valence-corrected chi connectivity index (χ3v) is 5.28. The van der Waals surface area contributed by atoms with Crippen LogP contribution >= 0.6 is 27.7 Å². The molecule has 1 aromatic rings. The standard InChI is InChI=1S/C13H15BrOS/c1-9-4-5-11(14)10(8-9)12(15)13(2)6-3-7-16-13/h4-5,8H,3,6-7H2,1-2H3. The fourth-order valence-electron chi connectivity index (χ4n) is 2.06. The third kappa shape index (κ3) is 2.21. The smallest absolute Gasteiger partial charge is 0.179 e. The monoisotopic (exact) mass is 298 g/mol. The maximum atomic E-state index is 12.5. The van der Waals surface area contributed by atoms with E-state index in [0.717, 1.165) is 34.2 Å². The Bertz CT molecular complexity index is 422. The molecule has 1 atom stereocenters. The molecule has 1 fully saturated rings. The van der Waals surface area contributed by atoms with Crippen LogP contribution in [0.1, 0.15) is 35.7 Å². The van der Waals surface area contributed by atoms with E-state index in [9.17, 15) is 4.79 Å². The molecular formula is C13H15BrOS. The number of carbonyl (C=O) groups is 1. The maximum absolute atomic E-state index is 12.5. The molecule has 1 aliphatic heterocycles. The molecule has 2 rings (SSSR count). The Labute approximate surface area is 109 Å². The topological polar surface area (TPSA) is 17.1 Å². The molecule has 0 spiro atoms. The number of halogens is 1. The summed E-state index contributed by atoms with van der Waals surface area (Å²) in [7, 11) is 0. The molecule has 0 amide bonds. The van der Waals surface area contributed by atoms with E-state index in [0.29, 0.717) is 0 Å². The van der Waals surface area contributed by atoms with Crippen molar-refractivity contribution in [3.05, 3.63) is 33.8 Å². The molecular weight excluding hydrogens is 284 g/mol. The van der Waals surface area contributed by atoms with Gasteiger partial charge < -0.3 is 0 Å². The molecule has 1 aliphatic rings. The van der Waals surface area contributed by atoms with Crippen LogP contribution in [0, 0.1) is 6.92 Å². The minimum Gasteiger partial charge on any atom is -0.293 e. The summed E-state index contributed by atoms with van der Waals surface area (Å²) < 4.78 is 0.702. The van der Waals surface area contributed by atoms with Gasteiger partial charge in [-0.05, 0) is 44.6 Å². The van der Waals surface area contributed by atoms with E-state index in [1.807, 2.05) is 25.1 Å². The molecule has 0 aromatic heterocycles. The summed E-state index contributed by atoms with van der Waals surface area (Å²) in [6.45, 7) is 4.09. The van der Waals surface area contributed by atoms with Crippen LogP contribution in [0.4, 0.5) is 0 Å². The first kappa shape index (κ1) is 12.2. The van der Waals surface area contributed by atoms with Gasteiger partial charge in [0.2, 0.25) is 0 Å². The number of rotatable bonds is 2. The second kappa shape index (κ2) is 4.53. The van der Waals surface area contributed by atoms with Crippen LogP contribution in [-0.2, 0) is 0 Å². The van der Waals surface area contributed by atoms with Crippen molar-refractivity contribution >= 4 is 33.5 Å². The number of ketones is 1. The van der Waals surface area contributed by atoms with Crippen LogP contribution in [0.2, 0.25) is 0 Å². The van der Waals surface area contributed by atoms with E-state index in [1.165, 1.54) is 0 Å². The van der Waals surface area contributed by atoms with Gasteiger partial charge in [-0.2, -0.15) is 0 Å². The highest BCUT2D eigenvalue weighted by molar-refractivity contribution is 9.10. The van der Waals surface area contributed by atoms with Crippen molar-refractivity contribution < 1.29 is 4.79 Å². The van der Waals surface area contributed by atoms with Gasteiger partial charge >= 0.3 is 0 Å². The van der Waals surface area contributed by atoms with Gasteiger partial charge in [0.05, 0.1) is 4.75 Å². The molecule has 1 nitrogen and oxygen atoms in total. The second-order valence-electron chi connectivity index (χ2n) is 4.50. The highest BCUT2D eigenvalue weighted by Gasteiger charge is 2.38. The molecule has 1 aromatic carbocycles. The molecule has 86 valence electrons. The second-order valence-corrected chi connectivity index (χ2v) is 6.95. The minimum absolute atomic E-state index is 0.212. The van der Waals surface area contributed by atoms with E-state index in [1.54, 1.807) is 11.8 Å². The molecule has 0 saturated carbocycles. The lowest BCUT2D eigenvalue weighted by Crippen LogP contribution is -2.29. The predicted molar refractivity (Wildman–Crippen MR) is 73.3 cm³/mol. The Hall–Kier alpha value is -0.280. The third-order valence-electron chi connectivity index (χ3n) is 3.07. The lowest BCUT2D eigenvalue weighted by molar-refractivity contribution is 0.0948. The quantitative estimate of drug-likeness (QED) is 0.760. The van der Waals surface area contributed by atoms with E-state index >= 15 is 0 Å². The van der Waals surface area contributed by atoms with Gasteiger partial charge in [0, 0.05) is 10.0 Å². The normalized spacial score (nSPS) is 24.7. The first-order chi connectivity index (χ1) is 7.53. The summed E-state index contributed by atoms with van der Waals surface area (Å²) in [6.07, 6.45) is 2.15. The number of Topliss-reactive ketones (excluding diaryl/α,β-unsaturated/α-hetero) is 1. The lowest BCUT2D eigenvalue weighted by atomic mass is 9.94. The van der Waals surface area contributed by atoms with Crippen LogP contribution in [-0.4, -0.2) is 16.3 Å². The molecule has 1 heterocycles. The lowest BCUT2D eigenvalue weighted by Gasteiger charge is -2.21. The van der Waals surface area contributed by atoms with Crippen molar-refractivity contribution in [2.45, 2.75) is 31.4 Å². The van der Waals surface area contributed by atoms with E-state index < -0.39 is 0 Å². The summed E-state index contributed by atoms with van der Waals surface area (Å²) in [5, 5.41) is 0. The van der Waals surface area contributed by atoms with Crippen molar-refractivity contribution in [2.75, 3.05) is 5.75 Å². The zero-order valence-corrected chi connectivity index (χ0v) is 12.0. The summed E-state index contributed by atoms with van der Waals surface area (Å²) >= 11 is 5.26. The number of thioether (sulfide) groups is 1. The Morgan fingerprint density at radius 3 is 2.88 bits per heavy atom. The van der Waals surface area contributed by atoms with Gasteiger partial charge in [-0.1, -0.05) is 27.6 Å². The largest absolute Gasteiger partial charge is 0.293 e. The van der Waals surface area contributed by atoms with E-state index in [-0.39, 0.29) is 10.5 Å². The summed E-state index contributed by atoms with van der Waals surface area (Å²) in [6, 6.07) is 5.97. The van der Waals surface area contributed by atoms with Crippen molar-refractivity contribution in [2.24, 2.45) is 0 Å². The fourth-order valence-corrected chi connectivity index (χ4v) is 3.75. The number of benzene rings is 1. The number of hydrogen-bond acceptors (Lipinski definition) is 2. The molecule has 0 aliphatic carbocycles. The van der Waals surface area contributed by atoms with Crippen LogP contribution in [0.15, 0.2) is 22.7 Å². The van der Waals surface area contributed by atoms with E-state index in [4.69, 9.17) is 0 Å². The first-order valence-corrected chi connectivity index (χ1v) is 7.26. The highest BCUT2D eigenvalue weighted by atomic mass is 79.9. The first-order valence-electron chi connectivity index (χ1n) is 5.48. The Morgan fingerprint density at radius 2 is 2.25 bits per heavy atom. The highest BCUT2D eigenvalue weighted by Crippen LogP contribution is 2.41. The van der Waals surface area contributed by atoms with Crippen LogP contribution < -0.4 is 0 Å². The van der Waals surface area contributed by atoms with E-state index in [2.05, 4.69) is 22.9 Å². The molecule has 0 N–H and O–H groups in total. The molecule has 1 saturated heterocycles. The Morgan fingerprint density at radius 1 is 1.50 bits per heavy atom. The van der Waals surface area contributed by atoms with Gasteiger partial charge in [0.15, 0.2) is 5.78 Å². The molecule has 0 bridgehead atoms. The van der Waals surface area contributed by atoms with Crippen LogP contribution in [0.25, 0.3) is 0 Å².